The second-order valence-electron chi connectivity index (χ2n) is 3.75. The molecule has 1 aliphatic rings. The number of halogens is 1. The standard InChI is InChI=1S/C12H19ClN2O/c1-3-15(4-2)12(16)10(7-8-13)11-6-5-9-14-11/h5,9-10H,3-4,6-8H2,1-2H3. The fourth-order valence-electron chi connectivity index (χ4n) is 1.90. The molecule has 0 saturated carbocycles. The van der Waals surface area contributed by atoms with Crippen LogP contribution in [0.25, 0.3) is 0 Å². The van der Waals surface area contributed by atoms with Gasteiger partial charge < -0.3 is 4.90 Å². The first-order valence-corrected chi connectivity index (χ1v) is 6.34. The van der Waals surface area contributed by atoms with Crippen LogP contribution in [0.5, 0.6) is 0 Å². The Kier molecular flexibility index (Phi) is 5.53. The van der Waals surface area contributed by atoms with Crippen LogP contribution in [0, 0.1) is 5.92 Å². The first-order valence-electron chi connectivity index (χ1n) is 5.80. The highest BCUT2D eigenvalue weighted by molar-refractivity contribution is 6.18. The summed E-state index contributed by atoms with van der Waals surface area (Å²) in [5.41, 5.74) is 0.956. The summed E-state index contributed by atoms with van der Waals surface area (Å²) >= 11 is 5.76. The molecular weight excluding hydrogens is 224 g/mol. The van der Waals surface area contributed by atoms with E-state index in [1.54, 1.807) is 6.20 Å². The van der Waals surface area contributed by atoms with Gasteiger partial charge in [0.25, 0.3) is 0 Å². The molecule has 0 aromatic rings. The van der Waals surface area contributed by atoms with E-state index in [9.17, 15) is 4.79 Å². The monoisotopic (exact) mass is 242 g/mol. The highest BCUT2D eigenvalue weighted by Crippen LogP contribution is 2.17. The lowest BCUT2D eigenvalue weighted by Gasteiger charge is -2.24. The molecule has 0 aliphatic carbocycles. The number of allylic oxidation sites excluding steroid dienone is 1. The molecule has 0 radical (unpaired) electrons. The number of aliphatic imine (C=N–C) groups is 1. The molecule has 0 fully saturated rings. The minimum absolute atomic E-state index is 0.132. The van der Waals surface area contributed by atoms with Crippen LogP contribution in [0.15, 0.2) is 17.3 Å². The van der Waals surface area contributed by atoms with E-state index < -0.39 is 0 Å². The minimum atomic E-state index is -0.132. The lowest BCUT2D eigenvalue weighted by molar-refractivity contribution is -0.133. The van der Waals surface area contributed by atoms with Crippen LogP contribution in [0.4, 0.5) is 0 Å². The van der Waals surface area contributed by atoms with Gasteiger partial charge in [0.15, 0.2) is 0 Å². The van der Waals surface area contributed by atoms with Crippen molar-refractivity contribution < 1.29 is 4.79 Å². The summed E-state index contributed by atoms with van der Waals surface area (Å²) in [7, 11) is 0. The molecule has 3 nitrogen and oxygen atoms in total. The number of carbonyl (C=O) groups is 1. The van der Waals surface area contributed by atoms with Gasteiger partial charge in [-0.15, -0.1) is 11.6 Å². The fourth-order valence-corrected chi connectivity index (χ4v) is 2.12. The molecule has 1 amide bonds. The third kappa shape index (κ3) is 3.08. The molecule has 90 valence electrons. The molecule has 0 saturated heterocycles. The van der Waals surface area contributed by atoms with Gasteiger partial charge in [0.1, 0.15) is 0 Å². The molecule has 1 atom stereocenters. The molecule has 1 heterocycles. The number of hydrogen-bond acceptors (Lipinski definition) is 2. The van der Waals surface area contributed by atoms with Crippen LogP contribution < -0.4 is 0 Å². The summed E-state index contributed by atoms with van der Waals surface area (Å²) in [5, 5.41) is 0. The molecule has 16 heavy (non-hydrogen) atoms. The van der Waals surface area contributed by atoms with E-state index in [1.165, 1.54) is 0 Å². The molecule has 1 aliphatic heterocycles. The van der Waals surface area contributed by atoms with E-state index in [1.807, 2.05) is 24.8 Å². The van der Waals surface area contributed by atoms with Crippen molar-refractivity contribution in [1.82, 2.24) is 4.90 Å². The molecule has 0 bridgehead atoms. The predicted molar refractivity (Wildman–Crippen MR) is 67.9 cm³/mol. The third-order valence-corrected chi connectivity index (χ3v) is 3.06. The van der Waals surface area contributed by atoms with Crippen molar-refractivity contribution in [3.63, 3.8) is 0 Å². The molecule has 1 unspecified atom stereocenters. The second kappa shape index (κ2) is 6.69. The number of hydrogen-bond donors (Lipinski definition) is 0. The zero-order valence-corrected chi connectivity index (χ0v) is 10.7. The number of carbonyl (C=O) groups excluding carboxylic acids is 1. The Morgan fingerprint density at radius 3 is 2.69 bits per heavy atom. The Balaban J connectivity index is 2.72. The zero-order chi connectivity index (χ0) is 12.0. The quantitative estimate of drug-likeness (QED) is 0.659. The second-order valence-corrected chi connectivity index (χ2v) is 4.13. The lowest BCUT2D eigenvalue weighted by Crippen LogP contribution is -2.39. The van der Waals surface area contributed by atoms with Crippen molar-refractivity contribution in [1.29, 1.82) is 0 Å². The van der Waals surface area contributed by atoms with Crippen molar-refractivity contribution in [3.05, 3.63) is 12.3 Å². The van der Waals surface area contributed by atoms with Crippen LogP contribution in [0.2, 0.25) is 0 Å². The van der Waals surface area contributed by atoms with Gasteiger partial charge >= 0.3 is 0 Å². The Morgan fingerprint density at radius 1 is 1.56 bits per heavy atom. The van der Waals surface area contributed by atoms with E-state index in [2.05, 4.69) is 4.99 Å². The van der Waals surface area contributed by atoms with Gasteiger partial charge in [-0.05, 0) is 20.3 Å². The highest BCUT2D eigenvalue weighted by Gasteiger charge is 2.27. The maximum absolute atomic E-state index is 12.2. The van der Waals surface area contributed by atoms with Gasteiger partial charge in [-0.25, -0.2) is 0 Å². The molecule has 0 aromatic heterocycles. The van der Waals surface area contributed by atoms with Crippen molar-refractivity contribution >= 4 is 23.2 Å². The van der Waals surface area contributed by atoms with E-state index in [0.29, 0.717) is 12.3 Å². The summed E-state index contributed by atoms with van der Waals surface area (Å²) in [6, 6.07) is 0. The van der Waals surface area contributed by atoms with E-state index in [-0.39, 0.29) is 11.8 Å². The fraction of sp³-hybridized carbons (Fsp3) is 0.667. The third-order valence-electron chi connectivity index (χ3n) is 2.85. The van der Waals surface area contributed by atoms with Crippen LogP contribution in [0.3, 0.4) is 0 Å². The van der Waals surface area contributed by atoms with Gasteiger partial charge in [-0.3, -0.25) is 9.79 Å². The minimum Gasteiger partial charge on any atom is -0.343 e. The summed E-state index contributed by atoms with van der Waals surface area (Å²) in [5.74, 6) is 0.525. The van der Waals surface area contributed by atoms with Crippen LogP contribution in [-0.4, -0.2) is 35.5 Å². The number of rotatable bonds is 6. The molecule has 4 heteroatoms. The van der Waals surface area contributed by atoms with Gasteiger partial charge in [0.2, 0.25) is 5.91 Å². The van der Waals surface area contributed by atoms with Gasteiger partial charge in [0, 0.05) is 37.3 Å². The zero-order valence-electron chi connectivity index (χ0n) is 9.95. The Hall–Kier alpha value is -0.830. The van der Waals surface area contributed by atoms with E-state index >= 15 is 0 Å². The van der Waals surface area contributed by atoms with Gasteiger partial charge in [-0.2, -0.15) is 0 Å². The predicted octanol–water partition coefficient (Wildman–Crippen LogP) is 2.46. The summed E-state index contributed by atoms with van der Waals surface area (Å²) in [6.07, 6.45) is 5.21. The summed E-state index contributed by atoms with van der Waals surface area (Å²) in [4.78, 5) is 18.3. The van der Waals surface area contributed by atoms with E-state index in [4.69, 9.17) is 11.6 Å². The summed E-state index contributed by atoms with van der Waals surface area (Å²) in [6.45, 7) is 5.48. The average Bonchev–Trinajstić information content (AvgIpc) is 2.80. The van der Waals surface area contributed by atoms with Crippen molar-refractivity contribution in [2.75, 3.05) is 19.0 Å². The molecular formula is C12H19ClN2O. The lowest BCUT2D eigenvalue weighted by atomic mass is 9.96. The topological polar surface area (TPSA) is 32.7 Å². The average molecular weight is 243 g/mol. The maximum Gasteiger partial charge on any atom is 0.231 e. The SMILES string of the molecule is CCN(CC)C(=O)C(CCCl)C1=NC=CC1. The number of nitrogens with zero attached hydrogens (tertiary/aromatic N) is 2. The van der Waals surface area contributed by atoms with Crippen LogP contribution in [-0.2, 0) is 4.79 Å². The first kappa shape index (κ1) is 13.2. The van der Waals surface area contributed by atoms with Crippen LogP contribution >= 0.6 is 11.6 Å². The largest absolute Gasteiger partial charge is 0.343 e. The first-order chi connectivity index (χ1) is 7.74. The van der Waals surface area contributed by atoms with Gasteiger partial charge in [-0.1, -0.05) is 6.08 Å². The van der Waals surface area contributed by atoms with Crippen molar-refractivity contribution in [3.8, 4) is 0 Å². The van der Waals surface area contributed by atoms with E-state index in [0.717, 1.165) is 25.2 Å². The van der Waals surface area contributed by atoms with Crippen molar-refractivity contribution in [2.45, 2.75) is 26.7 Å². The van der Waals surface area contributed by atoms with Gasteiger partial charge in [0.05, 0.1) is 5.92 Å². The summed E-state index contributed by atoms with van der Waals surface area (Å²) < 4.78 is 0. The molecule has 1 rings (SSSR count). The number of alkyl halides is 1. The van der Waals surface area contributed by atoms with Crippen molar-refractivity contribution in [2.24, 2.45) is 10.9 Å². The van der Waals surface area contributed by atoms with Crippen LogP contribution in [0.1, 0.15) is 26.7 Å². The Morgan fingerprint density at radius 2 is 2.25 bits per heavy atom. The molecule has 0 spiro atoms. The number of amides is 1. The maximum atomic E-state index is 12.2. The smallest absolute Gasteiger partial charge is 0.231 e. The molecule has 0 N–H and O–H groups in total. The molecule has 0 aromatic carbocycles. The Bertz CT molecular complexity index is 295. The normalized spacial score (nSPS) is 16.1. The Labute approximate surface area is 102 Å². The highest BCUT2D eigenvalue weighted by atomic mass is 35.5.